The molecule has 1 saturated carbocycles. The predicted octanol–water partition coefficient (Wildman–Crippen LogP) is 3.36. The van der Waals surface area contributed by atoms with Gasteiger partial charge >= 0.3 is 0 Å². The Morgan fingerprint density at radius 3 is 1.87 bits per heavy atom. The number of nitro benzene ring substituents is 1. The number of nitrogens with zero attached hydrogens (tertiary/aromatic N) is 1. The monoisotopic (exact) mass is 401 g/mol. The minimum atomic E-state index is -0.538. The largest absolute Gasteiger partial charge is 0.273 e. The minimum absolute atomic E-state index is 0.107. The van der Waals surface area contributed by atoms with Gasteiger partial charge in [-0.1, -0.05) is 60.7 Å². The van der Waals surface area contributed by atoms with Crippen molar-refractivity contribution >= 4 is 17.5 Å². The van der Waals surface area contributed by atoms with Gasteiger partial charge in [0.25, 0.3) is 11.6 Å². The molecule has 2 N–H and O–H groups in total. The highest BCUT2D eigenvalue weighted by atomic mass is 16.6. The van der Waals surface area contributed by atoms with Crippen LogP contribution in [0.5, 0.6) is 0 Å². The zero-order chi connectivity index (χ0) is 21.1. The zero-order valence-electron chi connectivity index (χ0n) is 15.9. The third-order valence-electron chi connectivity index (χ3n) is 5.49. The van der Waals surface area contributed by atoms with Crippen LogP contribution in [0.1, 0.15) is 27.9 Å². The van der Waals surface area contributed by atoms with Gasteiger partial charge in [-0.25, -0.2) is 0 Å². The Balaban J connectivity index is 1.47. The number of nitro groups is 1. The van der Waals surface area contributed by atoms with Crippen molar-refractivity contribution in [3.8, 4) is 0 Å². The molecule has 0 aromatic heterocycles. The van der Waals surface area contributed by atoms with Crippen LogP contribution in [0.15, 0.2) is 84.9 Å². The molecule has 3 aromatic carbocycles. The average molecular weight is 401 g/mol. The predicted molar refractivity (Wildman–Crippen MR) is 110 cm³/mol. The van der Waals surface area contributed by atoms with Gasteiger partial charge in [0.2, 0.25) is 5.91 Å². The number of hydrogen-bond acceptors (Lipinski definition) is 4. The number of benzene rings is 3. The van der Waals surface area contributed by atoms with Gasteiger partial charge in [0.15, 0.2) is 0 Å². The van der Waals surface area contributed by atoms with Gasteiger partial charge in [-0.2, -0.15) is 0 Å². The molecule has 3 aromatic rings. The summed E-state index contributed by atoms with van der Waals surface area (Å²) in [6.07, 6.45) is 0.639. The van der Waals surface area contributed by atoms with E-state index in [1.165, 1.54) is 24.3 Å². The first-order valence-electron chi connectivity index (χ1n) is 9.48. The van der Waals surface area contributed by atoms with Crippen LogP contribution in [0.4, 0.5) is 5.69 Å². The fraction of sp³-hybridized carbons (Fsp3) is 0.130. The van der Waals surface area contributed by atoms with Gasteiger partial charge in [-0.15, -0.1) is 0 Å². The molecule has 0 unspecified atom stereocenters. The van der Waals surface area contributed by atoms with Gasteiger partial charge in [0, 0.05) is 23.1 Å². The first-order valence-corrected chi connectivity index (χ1v) is 9.48. The van der Waals surface area contributed by atoms with Crippen molar-refractivity contribution < 1.29 is 14.5 Å². The second kappa shape index (κ2) is 7.79. The fourth-order valence-corrected chi connectivity index (χ4v) is 3.87. The summed E-state index contributed by atoms with van der Waals surface area (Å²) < 4.78 is 0. The van der Waals surface area contributed by atoms with E-state index in [1.807, 2.05) is 60.7 Å². The van der Waals surface area contributed by atoms with Crippen molar-refractivity contribution in [2.75, 3.05) is 0 Å². The topological polar surface area (TPSA) is 101 Å². The molecule has 0 bridgehead atoms. The van der Waals surface area contributed by atoms with E-state index in [9.17, 15) is 19.7 Å². The van der Waals surface area contributed by atoms with Crippen molar-refractivity contribution in [1.82, 2.24) is 10.9 Å². The standard InChI is InChI=1S/C23H19N3O4/c27-21(16-11-13-19(14-12-16)26(29)30)24-25-22(28)20-15-23(20,17-7-3-1-4-8-17)18-9-5-2-6-10-18/h1-14,20H,15H2,(H,24,27)(H,25,28)/t20-/m0/s1. The lowest BCUT2D eigenvalue weighted by molar-refractivity contribution is -0.384. The molecule has 0 aliphatic heterocycles. The van der Waals surface area contributed by atoms with Crippen molar-refractivity contribution in [3.63, 3.8) is 0 Å². The number of non-ortho nitro benzene ring substituents is 1. The molecule has 1 aliphatic carbocycles. The number of rotatable bonds is 5. The molecule has 7 nitrogen and oxygen atoms in total. The van der Waals surface area contributed by atoms with Crippen molar-refractivity contribution in [1.29, 1.82) is 0 Å². The Labute approximate surface area is 172 Å². The van der Waals surface area contributed by atoms with Crippen molar-refractivity contribution in [2.24, 2.45) is 5.92 Å². The van der Waals surface area contributed by atoms with Gasteiger partial charge in [0.1, 0.15) is 0 Å². The molecule has 7 heteroatoms. The molecule has 150 valence electrons. The molecule has 4 rings (SSSR count). The first kappa shape index (κ1) is 19.3. The second-order valence-electron chi connectivity index (χ2n) is 7.21. The highest BCUT2D eigenvalue weighted by Gasteiger charge is 2.60. The minimum Gasteiger partial charge on any atom is -0.273 e. The Morgan fingerprint density at radius 2 is 1.37 bits per heavy atom. The van der Waals surface area contributed by atoms with E-state index in [2.05, 4.69) is 10.9 Å². The summed E-state index contributed by atoms with van der Waals surface area (Å²) in [6.45, 7) is 0. The molecule has 0 heterocycles. The number of hydrazine groups is 1. The average Bonchev–Trinajstić information content (AvgIpc) is 3.56. The summed E-state index contributed by atoms with van der Waals surface area (Å²) in [5.74, 6) is -1.14. The molecule has 0 radical (unpaired) electrons. The van der Waals surface area contributed by atoms with Crippen molar-refractivity contribution in [3.05, 3.63) is 112 Å². The Morgan fingerprint density at radius 1 is 0.833 bits per heavy atom. The van der Waals surface area contributed by atoms with E-state index in [-0.39, 0.29) is 23.1 Å². The molecular formula is C23H19N3O4. The highest BCUT2D eigenvalue weighted by Crippen LogP contribution is 2.58. The van der Waals surface area contributed by atoms with Crippen LogP contribution in [0, 0.1) is 16.0 Å². The van der Waals surface area contributed by atoms with E-state index in [0.717, 1.165) is 11.1 Å². The van der Waals surface area contributed by atoms with Crippen LogP contribution in [-0.2, 0) is 10.2 Å². The summed E-state index contributed by atoms with van der Waals surface area (Å²) in [7, 11) is 0. The normalized spacial score (nSPS) is 16.3. The third-order valence-corrected chi connectivity index (χ3v) is 5.49. The first-order chi connectivity index (χ1) is 14.5. The van der Waals surface area contributed by atoms with Crippen LogP contribution in [-0.4, -0.2) is 16.7 Å². The maximum absolute atomic E-state index is 12.8. The molecule has 0 saturated heterocycles. The molecular weight excluding hydrogens is 382 g/mol. The Kier molecular flexibility index (Phi) is 5.02. The number of hydrogen-bond donors (Lipinski definition) is 2. The van der Waals surface area contributed by atoms with Gasteiger partial charge < -0.3 is 0 Å². The number of nitrogens with one attached hydrogen (secondary N) is 2. The summed E-state index contributed by atoms with van der Waals surface area (Å²) in [5.41, 5.74) is 6.69. The second-order valence-corrected chi connectivity index (χ2v) is 7.21. The van der Waals surface area contributed by atoms with Crippen molar-refractivity contribution in [2.45, 2.75) is 11.8 Å². The molecule has 0 spiro atoms. The quantitative estimate of drug-likeness (QED) is 0.506. The summed E-state index contributed by atoms with van der Waals surface area (Å²) in [6, 6.07) is 24.9. The van der Waals surface area contributed by atoms with Crippen LogP contribution in [0.25, 0.3) is 0 Å². The number of carbonyl (C=O) groups excluding carboxylic acids is 2. The maximum Gasteiger partial charge on any atom is 0.269 e. The van der Waals surface area contributed by atoms with Crippen LogP contribution >= 0.6 is 0 Å². The number of amides is 2. The Bertz CT molecular complexity index is 1040. The van der Waals surface area contributed by atoms with Gasteiger partial charge in [0.05, 0.1) is 10.8 Å². The van der Waals surface area contributed by atoms with E-state index < -0.39 is 16.2 Å². The lowest BCUT2D eigenvalue weighted by atomic mass is 9.85. The summed E-state index contributed by atoms with van der Waals surface area (Å²) in [5, 5.41) is 10.7. The van der Waals surface area contributed by atoms with E-state index in [0.29, 0.717) is 6.42 Å². The summed E-state index contributed by atoms with van der Waals surface area (Å²) in [4.78, 5) is 35.3. The maximum atomic E-state index is 12.8. The van der Waals surface area contributed by atoms with Crippen LogP contribution < -0.4 is 10.9 Å². The molecule has 2 amide bonds. The SMILES string of the molecule is O=C(NNC(=O)[C@@H]1CC1(c1ccccc1)c1ccccc1)c1ccc([N+](=O)[O-])cc1. The van der Waals surface area contributed by atoms with Crippen LogP contribution in [0.3, 0.4) is 0 Å². The molecule has 1 atom stereocenters. The van der Waals surface area contributed by atoms with Gasteiger partial charge in [-0.3, -0.25) is 30.6 Å². The zero-order valence-corrected chi connectivity index (χ0v) is 15.9. The van der Waals surface area contributed by atoms with E-state index in [1.54, 1.807) is 0 Å². The summed E-state index contributed by atoms with van der Waals surface area (Å²) >= 11 is 0. The lowest BCUT2D eigenvalue weighted by Crippen LogP contribution is -2.43. The molecule has 1 fully saturated rings. The van der Waals surface area contributed by atoms with Crippen LogP contribution in [0.2, 0.25) is 0 Å². The van der Waals surface area contributed by atoms with E-state index >= 15 is 0 Å². The van der Waals surface area contributed by atoms with Gasteiger partial charge in [-0.05, 0) is 29.7 Å². The third kappa shape index (κ3) is 3.53. The lowest BCUT2D eigenvalue weighted by Gasteiger charge is -2.19. The molecule has 1 aliphatic rings. The Hall–Kier alpha value is -4.00. The fourth-order valence-electron chi connectivity index (χ4n) is 3.87. The number of carbonyl (C=O) groups is 2. The molecule has 30 heavy (non-hydrogen) atoms. The highest BCUT2D eigenvalue weighted by molar-refractivity contribution is 5.96. The smallest absolute Gasteiger partial charge is 0.269 e. The van der Waals surface area contributed by atoms with E-state index in [4.69, 9.17) is 0 Å².